The summed E-state index contributed by atoms with van der Waals surface area (Å²) >= 11 is 0. The molecule has 182 valence electrons. The van der Waals surface area contributed by atoms with Crippen molar-refractivity contribution in [2.75, 3.05) is 6.61 Å². The van der Waals surface area contributed by atoms with Crippen molar-refractivity contribution in [1.82, 2.24) is 4.57 Å². The maximum absolute atomic E-state index is 12.6. The summed E-state index contributed by atoms with van der Waals surface area (Å²) in [5.74, 6) is 0.154. The van der Waals surface area contributed by atoms with Crippen molar-refractivity contribution < 1.29 is 19.7 Å². The van der Waals surface area contributed by atoms with Gasteiger partial charge < -0.3 is 19.5 Å². The van der Waals surface area contributed by atoms with Gasteiger partial charge in [-0.2, -0.15) is 0 Å². The molecule has 0 bridgehead atoms. The minimum absolute atomic E-state index is 0.110. The van der Waals surface area contributed by atoms with Gasteiger partial charge in [-0.05, 0) is 53.1 Å². The van der Waals surface area contributed by atoms with E-state index in [1.165, 1.54) is 0 Å². The van der Waals surface area contributed by atoms with Crippen LogP contribution in [0.5, 0.6) is 11.5 Å². The number of aromatic nitrogens is 1. The largest absolute Gasteiger partial charge is 0.508 e. The quantitative estimate of drug-likeness (QED) is 0.227. The molecule has 4 aromatic carbocycles. The van der Waals surface area contributed by atoms with Gasteiger partial charge in [0, 0.05) is 28.4 Å². The van der Waals surface area contributed by atoms with E-state index in [0.717, 1.165) is 38.6 Å². The molecule has 5 rings (SSSR count). The molecule has 5 nitrogen and oxygen atoms in total. The Morgan fingerprint density at radius 1 is 0.917 bits per heavy atom. The van der Waals surface area contributed by atoms with Gasteiger partial charge in [-0.3, -0.25) is 0 Å². The van der Waals surface area contributed by atoms with Crippen LogP contribution in [0.15, 0.2) is 84.9 Å². The number of nitrogens with zero attached hydrogens (tertiary/aromatic N) is 1. The molecule has 0 amide bonds. The van der Waals surface area contributed by atoms with Crippen molar-refractivity contribution in [2.24, 2.45) is 0 Å². The molecule has 0 aliphatic heterocycles. The number of carboxylic acids is 1. The van der Waals surface area contributed by atoms with Crippen LogP contribution >= 0.6 is 0 Å². The molecule has 36 heavy (non-hydrogen) atoms. The third-order valence-corrected chi connectivity index (χ3v) is 6.63. The van der Waals surface area contributed by atoms with Gasteiger partial charge >= 0.3 is 5.97 Å². The number of aromatic carboxylic acids is 1. The van der Waals surface area contributed by atoms with Crippen LogP contribution in [-0.4, -0.2) is 27.4 Å². The van der Waals surface area contributed by atoms with Gasteiger partial charge in [0.05, 0.1) is 6.61 Å². The standard InChI is InChI=1S/C31H29NO4/c1-20(2)23-11-5-6-13-25(23)29-26-19-22(33)15-16-27(26)32(30(29)31(34)35)17-8-18-36-28-14-7-10-21-9-3-4-12-24(21)28/h3-7,9-16,19-20,33H,8,17-18H2,1-2H3,(H,34,35). The smallest absolute Gasteiger partial charge is 0.353 e. The minimum atomic E-state index is -0.991. The molecule has 0 aliphatic rings. The highest BCUT2D eigenvalue weighted by Crippen LogP contribution is 2.40. The fourth-order valence-electron chi connectivity index (χ4n) is 5.02. The summed E-state index contributed by atoms with van der Waals surface area (Å²) in [4.78, 5) is 12.6. The van der Waals surface area contributed by atoms with Gasteiger partial charge in [0.2, 0.25) is 0 Å². The van der Waals surface area contributed by atoms with Crippen LogP contribution in [0.1, 0.15) is 42.2 Å². The number of aryl methyl sites for hydroxylation is 1. The van der Waals surface area contributed by atoms with Gasteiger partial charge in [-0.15, -0.1) is 0 Å². The number of carboxylic acid groups (broad SMARTS) is 1. The molecular formula is C31H29NO4. The third kappa shape index (κ3) is 4.29. The number of hydrogen-bond acceptors (Lipinski definition) is 3. The lowest BCUT2D eigenvalue weighted by atomic mass is 9.91. The number of benzene rings is 4. The summed E-state index contributed by atoms with van der Waals surface area (Å²) < 4.78 is 7.96. The van der Waals surface area contributed by atoms with Gasteiger partial charge in [0.25, 0.3) is 0 Å². The van der Waals surface area contributed by atoms with E-state index >= 15 is 0 Å². The summed E-state index contributed by atoms with van der Waals surface area (Å²) in [5, 5.41) is 23.5. The number of ether oxygens (including phenoxy) is 1. The fraction of sp³-hybridized carbons (Fsp3) is 0.194. The Bertz CT molecular complexity index is 1560. The zero-order chi connectivity index (χ0) is 25.2. The SMILES string of the molecule is CC(C)c1ccccc1-c1c(C(=O)O)n(CCCOc2cccc3ccccc23)c2ccc(O)cc12. The number of aromatic hydroxyl groups is 1. The number of phenolic OH excluding ortho intramolecular Hbond substituents is 1. The van der Waals surface area contributed by atoms with Crippen LogP contribution in [0.3, 0.4) is 0 Å². The molecule has 0 atom stereocenters. The topological polar surface area (TPSA) is 71.7 Å². The van der Waals surface area contributed by atoms with Crippen LogP contribution in [-0.2, 0) is 6.54 Å². The Morgan fingerprint density at radius 3 is 2.47 bits per heavy atom. The lowest BCUT2D eigenvalue weighted by molar-refractivity contribution is 0.0686. The first kappa shape index (κ1) is 23.5. The van der Waals surface area contributed by atoms with Crippen LogP contribution in [0.2, 0.25) is 0 Å². The Kier molecular flexibility index (Phi) is 6.38. The lowest BCUT2D eigenvalue weighted by Crippen LogP contribution is -2.12. The highest BCUT2D eigenvalue weighted by molar-refractivity contribution is 6.09. The molecule has 2 N–H and O–H groups in total. The molecule has 1 aromatic heterocycles. The number of rotatable bonds is 8. The first-order valence-corrected chi connectivity index (χ1v) is 12.2. The normalized spacial score (nSPS) is 11.4. The first-order chi connectivity index (χ1) is 17.5. The predicted molar refractivity (Wildman–Crippen MR) is 144 cm³/mol. The monoisotopic (exact) mass is 479 g/mol. The van der Waals surface area contributed by atoms with Crippen LogP contribution in [0.4, 0.5) is 0 Å². The molecule has 0 radical (unpaired) electrons. The molecule has 1 heterocycles. The molecule has 0 unspecified atom stereocenters. The van der Waals surface area contributed by atoms with Crippen molar-refractivity contribution >= 4 is 27.6 Å². The van der Waals surface area contributed by atoms with Crippen molar-refractivity contribution in [2.45, 2.75) is 32.7 Å². The highest BCUT2D eigenvalue weighted by atomic mass is 16.5. The summed E-state index contributed by atoms with van der Waals surface area (Å²) in [6.07, 6.45) is 0.624. The number of phenols is 1. The average molecular weight is 480 g/mol. The molecule has 0 saturated carbocycles. The summed E-state index contributed by atoms with van der Waals surface area (Å²) in [6, 6.07) is 27.1. The zero-order valence-electron chi connectivity index (χ0n) is 20.4. The molecule has 5 heteroatoms. The summed E-state index contributed by atoms with van der Waals surface area (Å²) in [7, 11) is 0. The van der Waals surface area contributed by atoms with Gasteiger partial charge in [-0.25, -0.2) is 4.79 Å². The minimum Gasteiger partial charge on any atom is -0.508 e. The van der Waals surface area contributed by atoms with E-state index in [1.807, 2.05) is 59.2 Å². The van der Waals surface area contributed by atoms with E-state index in [9.17, 15) is 15.0 Å². The van der Waals surface area contributed by atoms with Crippen molar-refractivity contribution in [3.8, 4) is 22.6 Å². The van der Waals surface area contributed by atoms with Crippen LogP contribution in [0, 0.1) is 0 Å². The van der Waals surface area contributed by atoms with Crippen molar-refractivity contribution in [3.63, 3.8) is 0 Å². The van der Waals surface area contributed by atoms with Gasteiger partial charge in [0.15, 0.2) is 0 Å². The Labute approximate surface area is 210 Å². The van der Waals surface area contributed by atoms with E-state index in [0.29, 0.717) is 25.1 Å². The van der Waals surface area contributed by atoms with E-state index in [4.69, 9.17) is 4.74 Å². The number of carbonyl (C=O) groups is 1. The van der Waals surface area contributed by atoms with E-state index in [2.05, 4.69) is 26.0 Å². The van der Waals surface area contributed by atoms with E-state index in [1.54, 1.807) is 18.2 Å². The van der Waals surface area contributed by atoms with Crippen LogP contribution in [0.25, 0.3) is 32.8 Å². The zero-order valence-corrected chi connectivity index (χ0v) is 20.4. The van der Waals surface area contributed by atoms with E-state index in [-0.39, 0.29) is 17.4 Å². The second-order valence-electron chi connectivity index (χ2n) is 9.30. The number of hydrogen-bond donors (Lipinski definition) is 2. The lowest BCUT2D eigenvalue weighted by Gasteiger charge is -2.14. The molecular weight excluding hydrogens is 450 g/mol. The number of fused-ring (bicyclic) bond motifs is 2. The second-order valence-corrected chi connectivity index (χ2v) is 9.30. The molecule has 0 saturated heterocycles. The highest BCUT2D eigenvalue weighted by Gasteiger charge is 2.25. The molecule has 0 spiro atoms. The van der Waals surface area contributed by atoms with Crippen molar-refractivity contribution in [1.29, 1.82) is 0 Å². The molecule has 0 fully saturated rings. The van der Waals surface area contributed by atoms with Crippen LogP contribution < -0.4 is 4.74 Å². The first-order valence-electron chi connectivity index (χ1n) is 12.2. The average Bonchev–Trinajstić information content (AvgIpc) is 3.20. The fourth-order valence-corrected chi connectivity index (χ4v) is 5.02. The molecule has 5 aromatic rings. The van der Waals surface area contributed by atoms with Crippen molar-refractivity contribution in [3.05, 3.63) is 96.2 Å². The predicted octanol–water partition coefficient (Wildman–Crippen LogP) is 7.46. The second kappa shape index (κ2) is 9.78. The molecule has 0 aliphatic carbocycles. The Hall–Kier alpha value is -4.25. The Morgan fingerprint density at radius 2 is 1.67 bits per heavy atom. The van der Waals surface area contributed by atoms with E-state index < -0.39 is 5.97 Å². The van der Waals surface area contributed by atoms with Gasteiger partial charge in [-0.1, -0.05) is 74.5 Å². The summed E-state index contributed by atoms with van der Waals surface area (Å²) in [5.41, 5.74) is 3.61. The third-order valence-electron chi connectivity index (χ3n) is 6.63. The summed E-state index contributed by atoms with van der Waals surface area (Å²) in [6.45, 7) is 5.11. The maximum Gasteiger partial charge on any atom is 0.353 e. The van der Waals surface area contributed by atoms with Gasteiger partial charge in [0.1, 0.15) is 17.2 Å². The maximum atomic E-state index is 12.6. The Balaban J connectivity index is 1.52.